The van der Waals surface area contributed by atoms with Gasteiger partial charge in [-0.1, -0.05) is 18.2 Å². The van der Waals surface area contributed by atoms with Crippen LogP contribution in [0.3, 0.4) is 0 Å². The van der Waals surface area contributed by atoms with Crippen molar-refractivity contribution in [2.45, 2.75) is 32.2 Å². The number of benzene rings is 2. The van der Waals surface area contributed by atoms with Gasteiger partial charge in [-0.2, -0.15) is 5.10 Å². The molecule has 1 atom stereocenters. The van der Waals surface area contributed by atoms with E-state index in [2.05, 4.69) is 35.2 Å². The van der Waals surface area contributed by atoms with Gasteiger partial charge in [0.1, 0.15) is 18.4 Å². The number of rotatable bonds is 2. The molecule has 0 radical (unpaired) electrons. The summed E-state index contributed by atoms with van der Waals surface area (Å²) in [4.78, 5) is 16.2. The summed E-state index contributed by atoms with van der Waals surface area (Å²) in [5.74, 6) is 0.466. The van der Waals surface area contributed by atoms with Gasteiger partial charge in [-0.3, -0.25) is 4.79 Å². The van der Waals surface area contributed by atoms with Crippen molar-refractivity contribution in [3.05, 3.63) is 54.1 Å². The van der Waals surface area contributed by atoms with E-state index in [1.807, 2.05) is 30.7 Å². The van der Waals surface area contributed by atoms with Crippen molar-refractivity contribution in [1.29, 1.82) is 0 Å². The van der Waals surface area contributed by atoms with Crippen LogP contribution in [0.15, 0.2) is 43.0 Å². The Balaban J connectivity index is 1.93. The van der Waals surface area contributed by atoms with Crippen molar-refractivity contribution in [1.82, 2.24) is 14.8 Å². The Morgan fingerprint density at radius 3 is 2.74 bits per heavy atom. The van der Waals surface area contributed by atoms with E-state index in [1.54, 1.807) is 6.33 Å². The van der Waals surface area contributed by atoms with Crippen LogP contribution in [0.25, 0.3) is 10.8 Å². The molecule has 1 aliphatic rings. The maximum Gasteiger partial charge on any atom is 0.321 e. The molecule has 2 heterocycles. The molecular formula is C18H17N3O2. The van der Waals surface area contributed by atoms with Crippen LogP contribution in [-0.4, -0.2) is 20.7 Å². The lowest BCUT2D eigenvalue weighted by molar-refractivity contribution is -0.137. The van der Waals surface area contributed by atoms with Crippen LogP contribution >= 0.6 is 0 Å². The first-order valence-corrected chi connectivity index (χ1v) is 7.62. The summed E-state index contributed by atoms with van der Waals surface area (Å²) < 4.78 is 7.25. The number of aromatic nitrogens is 3. The summed E-state index contributed by atoms with van der Waals surface area (Å²) in [6.45, 7) is 5.90. The fourth-order valence-corrected chi connectivity index (χ4v) is 3.21. The van der Waals surface area contributed by atoms with Gasteiger partial charge in [0.25, 0.3) is 0 Å². The summed E-state index contributed by atoms with van der Waals surface area (Å²) >= 11 is 0. The van der Waals surface area contributed by atoms with E-state index in [-0.39, 0.29) is 12.0 Å². The number of fused-ring (bicyclic) bond motifs is 3. The maximum absolute atomic E-state index is 12.2. The molecule has 2 aromatic carbocycles. The van der Waals surface area contributed by atoms with Crippen LogP contribution in [0, 0.1) is 0 Å². The van der Waals surface area contributed by atoms with Gasteiger partial charge in [0.15, 0.2) is 0 Å². The van der Waals surface area contributed by atoms with Gasteiger partial charge < -0.3 is 4.74 Å². The van der Waals surface area contributed by atoms with Gasteiger partial charge in [-0.15, -0.1) is 0 Å². The normalized spacial score (nSPS) is 17.1. The second kappa shape index (κ2) is 4.65. The zero-order chi connectivity index (χ0) is 16.2. The lowest BCUT2D eigenvalue weighted by Gasteiger charge is -2.18. The third kappa shape index (κ3) is 1.96. The van der Waals surface area contributed by atoms with E-state index < -0.39 is 5.41 Å². The molecule has 0 aliphatic carbocycles. The monoisotopic (exact) mass is 307 g/mol. The first-order chi connectivity index (χ1) is 11.0. The molecule has 1 unspecified atom stereocenters. The van der Waals surface area contributed by atoms with Crippen molar-refractivity contribution in [3.63, 3.8) is 0 Å². The SMILES string of the molecule is CC(c1ccc2ccc3c(c2c1)C(C)(C)C(=O)O3)n1cncn1. The highest BCUT2D eigenvalue weighted by molar-refractivity contribution is 6.00. The summed E-state index contributed by atoms with van der Waals surface area (Å²) in [6, 6.07) is 10.2. The van der Waals surface area contributed by atoms with Crippen LogP contribution in [0.2, 0.25) is 0 Å². The number of carbonyl (C=O) groups is 1. The summed E-state index contributed by atoms with van der Waals surface area (Å²) in [7, 11) is 0. The van der Waals surface area contributed by atoms with E-state index in [0.717, 1.165) is 21.9 Å². The molecule has 23 heavy (non-hydrogen) atoms. The number of carbonyl (C=O) groups excluding carboxylic acids is 1. The Labute approximate surface area is 133 Å². The summed E-state index contributed by atoms with van der Waals surface area (Å²) in [5, 5.41) is 6.37. The second-order valence-electron chi connectivity index (χ2n) is 6.49. The van der Waals surface area contributed by atoms with Crippen LogP contribution in [0.1, 0.15) is 37.9 Å². The second-order valence-corrected chi connectivity index (χ2v) is 6.49. The first-order valence-electron chi connectivity index (χ1n) is 7.62. The minimum absolute atomic E-state index is 0.0684. The molecule has 1 aromatic heterocycles. The van der Waals surface area contributed by atoms with E-state index >= 15 is 0 Å². The smallest absolute Gasteiger partial charge is 0.321 e. The predicted molar refractivity (Wildman–Crippen MR) is 86.4 cm³/mol. The molecule has 116 valence electrons. The molecule has 0 N–H and O–H groups in total. The van der Waals surface area contributed by atoms with Gasteiger partial charge >= 0.3 is 5.97 Å². The molecular weight excluding hydrogens is 290 g/mol. The van der Waals surface area contributed by atoms with Crippen molar-refractivity contribution >= 4 is 16.7 Å². The highest BCUT2D eigenvalue weighted by atomic mass is 16.5. The van der Waals surface area contributed by atoms with Gasteiger partial charge in [0.05, 0.1) is 11.5 Å². The van der Waals surface area contributed by atoms with Crippen LogP contribution in [0.4, 0.5) is 0 Å². The number of hydrogen-bond donors (Lipinski definition) is 0. The zero-order valence-corrected chi connectivity index (χ0v) is 13.3. The molecule has 5 nitrogen and oxygen atoms in total. The minimum atomic E-state index is -0.635. The molecule has 0 bridgehead atoms. The van der Waals surface area contributed by atoms with E-state index in [9.17, 15) is 4.79 Å². The third-order valence-corrected chi connectivity index (χ3v) is 4.66. The molecule has 1 aliphatic heterocycles. The summed E-state index contributed by atoms with van der Waals surface area (Å²) in [5.41, 5.74) is 1.45. The van der Waals surface area contributed by atoms with Crippen molar-refractivity contribution in [3.8, 4) is 5.75 Å². The zero-order valence-electron chi connectivity index (χ0n) is 13.3. The molecule has 0 spiro atoms. The van der Waals surface area contributed by atoms with Crippen LogP contribution in [0.5, 0.6) is 5.75 Å². The third-order valence-electron chi connectivity index (χ3n) is 4.66. The number of nitrogens with zero attached hydrogens (tertiary/aromatic N) is 3. The largest absolute Gasteiger partial charge is 0.426 e. The predicted octanol–water partition coefficient (Wildman–Crippen LogP) is 3.24. The van der Waals surface area contributed by atoms with E-state index in [1.165, 1.54) is 6.33 Å². The standard InChI is InChI=1S/C18H17N3O2/c1-11(21-10-19-9-20-21)13-5-4-12-6-7-15-16(14(12)8-13)18(2,3)17(22)23-15/h4-11H,1-3H3. The lowest BCUT2D eigenvalue weighted by atomic mass is 9.82. The molecule has 3 aromatic rings. The number of hydrogen-bond acceptors (Lipinski definition) is 4. The molecule has 4 rings (SSSR count). The molecule has 0 saturated carbocycles. The minimum Gasteiger partial charge on any atom is -0.426 e. The topological polar surface area (TPSA) is 57.0 Å². The van der Waals surface area contributed by atoms with E-state index in [0.29, 0.717) is 5.75 Å². The number of esters is 1. The molecule has 0 fully saturated rings. The Hall–Kier alpha value is -2.69. The first kappa shape index (κ1) is 13.9. The highest BCUT2D eigenvalue weighted by Crippen LogP contribution is 2.44. The molecule has 5 heteroatoms. The lowest BCUT2D eigenvalue weighted by Crippen LogP contribution is -2.26. The Morgan fingerprint density at radius 2 is 2.00 bits per heavy atom. The van der Waals surface area contributed by atoms with Gasteiger partial charge in [0.2, 0.25) is 0 Å². The fourth-order valence-electron chi connectivity index (χ4n) is 3.21. The van der Waals surface area contributed by atoms with E-state index in [4.69, 9.17) is 4.74 Å². The summed E-state index contributed by atoms with van der Waals surface area (Å²) in [6.07, 6.45) is 3.24. The van der Waals surface area contributed by atoms with Crippen molar-refractivity contribution < 1.29 is 9.53 Å². The average Bonchev–Trinajstić information content (AvgIpc) is 3.14. The Morgan fingerprint density at radius 1 is 1.22 bits per heavy atom. The van der Waals surface area contributed by atoms with Gasteiger partial charge in [-0.25, -0.2) is 9.67 Å². The highest BCUT2D eigenvalue weighted by Gasteiger charge is 2.42. The fraction of sp³-hybridized carbons (Fsp3) is 0.278. The molecule has 0 saturated heterocycles. The van der Waals surface area contributed by atoms with Crippen LogP contribution < -0.4 is 4.74 Å². The maximum atomic E-state index is 12.2. The van der Waals surface area contributed by atoms with Gasteiger partial charge in [0, 0.05) is 5.56 Å². The quantitative estimate of drug-likeness (QED) is 0.539. The van der Waals surface area contributed by atoms with Crippen molar-refractivity contribution in [2.24, 2.45) is 0 Å². The number of ether oxygens (including phenoxy) is 1. The Kier molecular flexibility index (Phi) is 2.82. The molecule has 0 amide bonds. The van der Waals surface area contributed by atoms with Gasteiger partial charge in [-0.05, 0) is 49.2 Å². The van der Waals surface area contributed by atoms with Crippen LogP contribution in [-0.2, 0) is 10.2 Å². The Bertz CT molecular complexity index is 913. The van der Waals surface area contributed by atoms with Crippen molar-refractivity contribution in [2.75, 3.05) is 0 Å². The average molecular weight is 307 g/mol.